The van der Waals surface area contributed by atoms with E-state index in [0.29, 0.717) is 5.41 Å². The Morgan fingerprint density at radius 1 is 1.29 bits per heavy atom. The minimum absolute atomic E-state index is 0.494. The molecule has 1 aliphatic heterocycles. The molecule has 0 aromatic heterocycles. The maximum absolute atomic E-state index is 5.22. The van der Waals surface area contributed by atoms with Crippen molar-refractivity contribution in [1.82, 2.24) is 10.2 Å². The molecule has 1 rings (SSSR count). The second-order valence-electron chi connectivity index (χ2n) is 6.18. The molecule has 0 aromatic rings. The molecule has 0 radical (unpaired) electrons. The van der Waals surface area contributed by atoms with E-state index < -0.39 is 0 Å². The molecule has 0 atom stereocenters. The van der Waals surface area contributed by atoms with Crippen molar-refractivity contribution in [2.45, 2.75) is 33.6 Å². The zero-order valence-corrected chi connectivity index (χ0v) is 12.1. The number of hydrogen-bond acceptors (Lipinski definition) is 3. The normalized spacial score (nSPS) is 20.1. The minimum Gasteiger partial charge on any atom is -0.383 e. The summed E-state index contributed by atoms with van der Waals surface area (Å²) >= 11 is 0. The number of methoxy groups -OCH3 is 1. The lowest BCUT2D eigenvalue weighted by molar-refractivity contribution is 0.0873. The first-order valence-electron chi connectivity index (χ1n) is 6.98. The van der Waals surface area contributed by atoms with Gasteiger partial charge in [0.15, 0.2) is 0 Å². The molecular formula is C14H30N2O. The van der Waals surface area contributed by atoms with Crippen LogP contribution in [0.3, 0.4) is 0 Å². The molecule has 0 spiro atoms. The fourth-order valence-electron chi connectivity index (χ4n) is 2.70. The molecule has 1 saturated heterocycles. The number of hydrogen-bond donors (Lipinski definition) is 1. The Labute approximate surface area is 107 Å². The zero-order chi connectivity index (χ0) is 12.7. The third kappa shape index (κ3) is 5.84. The Kier molecular flexibility index (Phi) is 6.45. The monoisotopic (exact) mass is 242 g/mol. The SMILES string of the molecule is COCCN(CC(C)C)CC1(C)CCNCC1. The maximum atomic E-state index is 5.22. The van der Waals surface area contributed by atoms with Crippen LogP contribution in [0.15, 0.2) is 0 Å². The summed E-state index contributed by atoms with van der Waals surface area (Å²) in [7, 11) is 1.79. The van der Waals surface area contributed by atoms with E-state index in [2.05, 4.69) is 31.0 Å². The lowest BCUT2D eigenvalue weighted by Gasteiger charge is -2.39. The topological polar surface area (TPSA) is 24.5 Å². The lowest BCUT2D eigenvalue weighted by atomic mass is 9.80. The molecule has 3 nitrogen and oxygen atoms in total. The number of nitrogens with zero attached hydrogens (tertiary/aromatic N) is 1. The van der Waals surface area contributed by atoms with Gasteiger partial charge in [-0.1, -0.05) is 20.8 Å². The van der Waals surface area contributed by atoms with E-state index >= 15 is 0 Å². The fraction of sp³-hybridized carbons (Fsp3) is 1.00. The molecule has 0 bridgehead atoms. The van der Waals surface area contributed by atoms with Gasteiger partial charge >= 0.3 is 0 Å². The average molecular weight is 242 g/mol. The van der Waals surface area contributed by atoms with Crippen LogP contribution >= 0.6 is 0 Å². The Hall–Kier alpha value is -0.120. The zero-order valence-electron chi connectivity index (χ0n) is 12.1. The highest BCUT2D eigenvalue weighted by molar-refractivity contribution is 4.83. The van der Waals surface area contributed by atoms with Gasteiger partial charge in [0.25, 0.3) is 0 Å². The minimum atomic E-state index is 0.494. The van der Waals surface area contributed by atoms with E-state index in [0.717, 1.165) is 19.1 Å². The van der Waals surface area contributed by atoms with Crippen molar-refractivity contribution in [2.75, 3.05) is 46.4 Å². The number of ether oxygens (including phenoxy) is 1. The van der Waals surface area contributed by atoms with E-state index in [4.69, 9.17) is 4.74 Å². The first-order valence-corrected chi connectivity index (χ1v) is 6.98. The molecule has 0 amide bonds. The van der Waals surface area contributed by atoms with Gasteiger partial charge in [0.1, 0.15) is 0 Å². The van der Waals surface area contributed by atoms with Gasteiger partial charge in [-0.05, 0) is 37.3 Å². The molecular weight excluding hydrogens is 212 g/mol. The van der Waals surface area contributed by atoms with Gasteiger partial charge in [-0.15, -0.1) is 0 Å². The van der Waals surface area contributed by atoms with Crippen LogP contribution in [0.2, 0.25) is 0 Å². The third-order valence-corrected chi connectivity index (χ3v) is 3.65. The smallest absolute Gasteiger partial charge is 0.0589 e. The summed E-state index contributed by atoms with van der Waals surface area (Å²) in [5.41, 5.74) is 0.494. The van der Waals surface area contributed by atoms with Crippen LogP contribution < -0.4 is 5.32 Å². The Bertz CT molecular complexity index is 200. The van der Waals surface area contributed by atoms with E-state index in [1.54, 1.807) is 7.11 Å². The van der Waals surface area contributed by atoms with Crippen LogP contribution in [0, 0.1) is 11.3 Å². The van der Waals surface area contributed by atoms with E-state index in [1.807, 2.05) is 0 Å². The van der Waals surface area contributed by atoms with Crippen molar-refractivity contribution in [3.8, 4) is 0 Å². The van der Waals surface area contributed by atoms with Crippen molar-refractivity contribution in [3.63, 3.8) is 0 Å². The van der Waals surface area contributed by atoms with Gasteiger partial charge in [-0.3, -0.25) is 0 Å². The summed E-state index contributed by atoms with van der Waals surface area (Å²) in [5.74, 6) is 0.733. The van der Waals surface area contributed by atoms with Crippen LogP contribution in [-0.2, 0) is 4.74 Å². The molecule has 0 saturated carbocycles. The molecule has 0 aromatic carbocycles. The van der Waals surface area contributed by atoms with Gasteiger partial charge in [-0.2, -0.15) is 0 Å². The predicted octanol–water partition coefficient (Wildman–Crippen LogP) is 1.98. The molecule has 3 heteroatoms. The number of rotatable bonds is 7. The standard InChI is InChI=1S/C14H30N2O/c1-13(2)11-16(9-10-17-4)12-14(3)5-7-15-8-6-14/h13,15H,5-12H2,1-4H3. The molecule has 102 valence electrons. The second kappa shape index (κ2) is 7.34. The predicted molar refractivity (Wildman–Crippen MR) is 73.4 cm³/mol. The van der Waals surface area contributed by atoms with Crippen molar-refractivity contribution >= 4 is 0 Å². The van der Waals surface area contributed by atoms with Gasteiger partial charge in [0.2, 0.25) is 0 Å². The maximum Gasteiger partial charge on any atom is 0.0589 e. The molecule has 1 aliphatic rings. The summed E-state index contributed by atoms with van der Waals surface area (Å²) in [5, 5.41) is 3.45. The van der Waals surface area contributed by atoms with Gasteiger partial charge < -0.3 is 15.0 Å². The van der Waals surface area contributed by atoms with Gasteiger partial charge in [0, 0.05) is 26.7 Å². The number of nitrogens with one attached hydrogen (secondary N) is 1. The van der Waals surface area contributed by atoms with Crippen LogP contribution in [0.4, 0.5) is 0 Å². The van der Waals surface area contributed by atoms with E-state index in [1.165, 1.54) is 39.0 Å². The molecule has 0 aliphatic carbocycles. The first kappa shape index (κ1) is 14.9. The molecule has 1 heterocycles. The summed E-state index contributed by atoms with van der Waals surface area (Å²) in [4.78, 5) is 2.58. The molecule has 1 N–H and O–H groups in total. The third-order valence-electron chi connectivity index (χ3n) is 3.65. The van der Waals surface area contributed by atoms with Crippen molar-refractivity contribution in [1.29, 1.82) is 0 Å². The highest BCUT2D eigenvalue weighted by Crippen LogP contribution is 2.29. The van der Waals surface area contributed by atoms with Gasteiger partial charge in [0.05, 0.1) is 6.61 Å². The Morgan fingerprint density at radius 3 is 2.47 bits per heavy atom. The van der Waals surface area contributed by atoms with Crippen molar-refractivity contribution in [3.05, 3.63) is 0 Å². The largest absolute Gasteiger partial charge is 0.383 e. The lowest BCUT2D eigenvalue weighted by Crippen LogP contribution is -2.45. The number of piperidine rings is 1. The average Bonchev–Trinajstić information content (AvgIpc) is 2.25. The van der Waals surface area contributed by atoms with Crippen molar-refractivity contribution in [2.24, 2.45) is 11.3 Å². The highest BCUT2D eigenvalue weighted by Gasteiger charge is 2.28. The molecule has 0 unspecified atom stereocenters. The summed E-state index contributed by atoms with van der Waals surface area (Å²) in [6, 6.07) is 0. The van der Waals surface area contributed by atoms with Crippen molar-refractivity contribution < 1.29 is 4.74 Å². The highest BCUT2D eigenvalue weighted by atomic mass is 16.5. The second-order valence-corrected chi connectivity index (χ2v) is 6.18. The quantitative estimate of drug-likeness (QED) is 0.739. The van der Waals surface area contributed by atoms with Crippen LogP contribution in [0.25, 0.3) is 0 Å². The van der Waals surface area contributed by atoms with E-state index in [-0.39, 0.29) is 0 Å². The van der Waals surface area contributed by atoms with Crippen LogP contribution in [0.5, 0.6) is 0 Å². The van der Waals surface area contributed by atoms with Crippen LogP contribution in [0.1, 0.15) is 33.6 Å². The summed E-state index contributed by atoms with van der Waals surface area (Å²) in [6.45, 7) is 13.7. The summed E-state index contributed by atoms with van der Waals surface area (Å²) in [6.07, 6.45) is 2.60. The van der Waals surface area contributed by atoms with Gasteiger partial charge in [-0.25, -0.2) is 0 Å². The Balaban J connectivity index is 2.44. The van der Waals surface area contributed by atoms with E-state index in [9.17, 15) is 0 Å². The molecule has 17 heavy (non-hydrogen) atoms. The molecule has 1 fully saturated rings. The fourth-order valence-corrected chi connectivity index (χ4v) is 2.70. The first-order chi connectivity index (χ1) is 8.06. The summed E-state index contributed by atoms with van der Waals surface area (Å²) < 4.78 is 5.22. The van der Waals surface area contributed by atoms with Crippen LogP contribution in [-0.4, -0.2) is 51.3 Å². The Morgan fingerprint density at radius 2 is 1.94 bits per heavy atom.